The number of carbonyl (C=O) groups is 1. The van der Waals surface area contributed by atoms with Crippen LogP contribution in [-0.2, 0) is 17.5 Å². The Hall–Kier alpha value is -3.58. The second-order valence-electron chi connectivity index (χ2n) is 9.99. The Labute approximate surface area is 221 Å². The molecule has 38 heavy (non-hydrogen) atoms. The van der Waals surface area contributed by atoms with E-state index >= 15 is 0 Å². The highest BCUT2D eigenvalue weighted by Gasteiger charge is 2.31. The number of nitrogens with one attached hydrogen (secondary N) is 1. The number of rotatable bonds is 9. The van der Waals surface area contributed by atoms with Crippen LogP contribution < -0.4 is 5.32 Å². The van der Waals surface area contributed by atoms with Gasteiger partial charge in [0, 0.05) is 49.1 Å². The highest BCUT2D eigenvalue weighted by Crippen LogP contribution is 2.37. The number of carbonyl (C=O) groups excluding carboxylic acids is 1. The van der Waals surface area contributed by atoms with Crippen molar-refractivity contribution in [1.82, 2.24) is 14.8 Å². The van der Waals surface area contributed by atoms with Gasteiger partial charge in [-0.1, -0.05) is 60.7 Å². The summed E-state index contributed by atoms with van der Waals surface area (Å²) in [7, 11) is 0. The number of alkyl halides is 3. The van der Waals surface area contributed by atoms with Crippen molar-refractivity contribution in [2.45, 2.75) is 37.9 Å². The first-order valence-electron chi connectivity index (χ1n) is 13.2. The summed E-state index contributed by atoms with van der Waals surface area (Å²) in [4.78, 5) is 15.5. The summed E-state index contributed by atoms with van der Waals surface area (Å²) >= 11 is 0. The number of para-hydroxylation sites is 1. The molecule has 1 N–H and O–H groups in total. The molecule has 7 heteroatoms. The minimum Gasteiger partial charge on any atom is -0.355 e. The molecule has 0 radical (unpaired) electrons. The van der Waals surface area contributed by atoms with Crippen LogP contribution in [0, 0.1) is 0 Å². The van der Waals surface area contributed by atoms with Gasteiger partial charge in [0.2, 0.25) is 5.91 Å². The third-order valence-corrected chi connectivity index (χ3v) is 7.37. The standard InChI is InChI=1S/C31H32F3N3O/c32-31(33,34)25-14-12-24(13-15-25)27(20-30(38)35-16-19-36-17-6-7-18-36)28-22-37(21-23-8-2-1-3-9-23)29-11-5-4-10-26(28)29/h1-5,8-15,22,27H,6-7,16-21H2,(H,35,38)/t27-/m0/s1. The van der Waals surface area contributed by atoms with E-state index in [1.165, 1.54) is 25.0 Å². The van der Waals surface area contributed by atoms with Crippen LogP contribution in [-0.4, -0.2) is 41.6 Å². The zero-order chi connectivity index (χ0) is 26.5. The van der Waals surface area contributed by atoms with Crippen LogP contribution in [0.1, 0.15) is 47.4 Å². The summed E-state index contributed by atoms with van der Waals surface area (Å²) in [6, 6.07) is 23.3. The van der Waals surface area contributed by atoms with E-state index in [0.29, 0.717) is 18.7 Å². The van der Waals surface area contributed by atoms with Crippen molar-refractivity contribution in [1.29, 1.82) is 0 Å². The zero-order valence-electron chi connectivity index (χ0n) is 21.3. The Morgan fingerprint density at radius 1 is 0.895 bits per heavy atom. The minimum absolute atomic E-state index is 0.103. The van der Waals surface area contributed by atoms with Gasteiger partial charge in [-0.2, -0.15) is 13.2 Å². The molecule has 1 fully saturated rings. The number of hydrogen-bond donors (Lipinski definition) is 1. The highest BCUT2D eigenvalue weighted by atomic mass is 19.4. The number of likely N-dealkylation sites (tertiary alicyclic amines) is 1. The Kier molecular flexibility index (Phi) is 7.84. The molecule has 0 saturated carbocycles. The number of fused-ring (bicyclic) bond motifs is 1. The molecule has 1 aliphatic rings. The highest BCUT2D eigenvalue weighted by molar-refractivity contribution is 5.86. The summed E-state index contributed by atoms with van der Waals surface area (Å²) in [5.74, 6) is -0.486. The maximum Gasteiger partial charge on any atom is 0.416 e. The average Bonchev–Trinajstić information content (AvgIpc) is 3.56. The van der Waals surface area contributed by atoms with E-state index in [4.69, 9.17) is 0 Å². The van der Waals surface area contributed by atoms with E-state index in [-0.39, 0.29) is 18.2 Å². The molecule has 4 nitrogen and oxygen atoms in total. The maximum atomic E-state index is 13.3. The fourth-order valence-electron chi connectivity index (χ4n) is 5.39. The predicted molar refractivity (Wildman–Crippen MR) is 144 cm³/mol. The maximum absolute atomic E-state index is 13.3. The number of amides is 1. The monoisotopic (exact) mass is 519 g/mol. The molecule has 4 aromatic rings. The Morgan fingerprint density at radius 2 is 1.58 bits per heavy atom. The van der Waals surface area contributed by atoms with Gasteiger partial charge in [0.05, 0.1) is 5.56 Å². The van der Waals surface area contributed by atoms with Crippen molar-refractivity contribution in [3.05, 3.63) is 107 Å². The summed E-state index contributed by atoms with van der Waals surface area (Å²) in [6.07, 6.45) is 0.183. The molecule has 0 bridgehead atoms. The molecule has 1 aromatic heterocycles. The van der Waals surface area contributed by atoms with Gasteiger partial charge in [0.15, 0.2) is 0 Å². The van der Waals surface area contributed by atoms with Gasteiger partial charge >= 0.3 is 6.18 Å². The molecule has 1 atom stereocenters. The van der Waals surface area contributed by atoms with Crippen LogP contribution in [0.5, 0.6) is 0 Å². The number of aromatic nitrogens is 1. The molecule has 0 spiro atoms. The second-order valence-corrected chi connectivity index (χ2v) is 9.99. The van der Waals surface area contributed by atoms with Crippen LogP contribution in [0.15, 0.2) is 85.1 Å². The lowest BCUT2D eigenvalue weighted by atomic mass is 9.87. The minimum atomic E-state index is -4.41. The van der Waals surface area contributed by atoms with Gasteiger partial charge in [-0.15, -0.1) is 0 Å². The second kappa shape index (κ2) is 11.4. The molecular weight excluding hydrogens is 487 g/mol. The van der Waals surface area contributed by atoms with E-state index in [9.17, 15) is 18.0 Å². The Bertz CT molecular complexity index is 1360. The van der Waals surface area contributed by atoms with Crippen LogP contribution in [0.3, 0.4) is 0 Å². The van der Waals surface area contributed by atoms with Crippen LogP contribution in [0.4, 0.5) is 13.2 Å². The van der Waals surface area contributed by atoms with Crippen LogP contribution in [0.2, 0.25) is 0 Å². The topological polar surface area (TPSA) is 37.3 Å². The third kappa shape index (κ3) is 6.10. The van der Waals surface area contributed by atoms with Crippen molar-refractivity contribution in [3.63, 3.8) is 0 Å². The summed E-state index contributed by atoms with van der Waals surface area (Å²) in [5, 5.41) is 4.04. The Balaban J connectivity index is 1.46. The molecule has 0 unspecified atom stereocenters. The lowest BCUT2D eigenvalue weighted by Gasteiger charge is -2.19. The molecule has 0 aliphatic carbocycles. The lowest BCUT2D eigenvalue weighted by Crippen LogP contribution is -2.34. The molecule has 1 saturated heterocycles. The molecule has 1 aliphatic heterocycles. The molecule has 1 amide bonds. The van der Waals surface area contributed by atoms with Crippen LogP contribution >= 0.6 is 0 Å². The van der Waals surface area contributed by atoms with E-state index in [0.717, 1.165) is 53.8 Å². The predicted octanol–water partition coefficient (Wildman–Crippen LogP) is 6.44. The fraction of sp³-hybridized carbons (Fsp3) is 0.323. The van der Waals surface area contributed by atoms with Crippen molar-refractivity contribution < 1.29 is 18.0 Å². The number of hydrogen-bond acceptors (Lipinski definition) is 2. The zero-order valence-corrected chi connectivity index (χ0v) is 21.3. The van der Waals surface area contributed by atoms with Crippen molar-refractivity contribution in [2.75, 3.05) is 26.2 Å². The summed E-state index contributed by atoms with van der Waals surface area (Å²) in [5.41, 5.74) is 3.10. The van der Waals surface area contributed by atoms with Gasteiger partial charge in [0.25, 0.3) is 0 Å². The molecular formula is C31H32F3N3O. The molecule has 2 heterocycles. The van der Waals surface area contributed by atoms with Gasteiger partial charge in [0.1, 0.15) is 0 Å². The lowest BCUT2D eigenvalue weighted by molar-refractivity contribution is -0.137. The van der Waals surface area contributed by atoms with Gasteiger partial charge in [-0.05, 0) is 60.8 Å². The molecule has 3 aromatic carbocycles. The van der Waals surface area contributed by atoms with Crippen LogP contribution in [0.25, 0.3) is 10.9 Å². The molecule has 5 rings (SSSR count). The van der Waals surface area contributed by atoms with Gasteiger partial charge in [-0.25, -0.2) is 0 Å². The summed E-state index contributed by atoms with van der Waals surface area (Å²) in [6.45, 7) is 4.15. The summed E-state index contributed by atoms with van der Waals surface area (Å²) < 4.78 is 42.0. The Morgan fingerprint density at radius 3 is 2.29 bits per heavy atom. The first-order chi connectivity index (χ1) is 18.4. The number of halogens is 3. The van der Waals surface area contributed by atoms with E-state index in [1.54, 1.807) is 0 Å². The van der Waals surface area contributed by atoms with E-state index in [2.05, 4.69) is 33.1 Å². The van der Waals surface area contributed by atoms with E-state index in [1.807, 2.05) is 42.5 Å². The SMILES string of the molecule is O=C(C[C@@H](c1ccc(C(F)(F)F)cc1)c1cn(Cc2ccccc2)c2ccccc12)NCCN1CCCC1. The third-order valence-electron chi connectivity index (χ3n) is 7.37. The van der Waals surface area contributed by atoms with E-state index < -0.39 is 11.7 Å². The van der Waals surface area contributed by atoms with Gasteiger partial charge < -0.3 is 14.8 Å². The number of nitrogens with zero attached hydrogens (tertiary/aromatic N) is 2. The van der Waals surface area contributed by atoms with Crippen molar-refractivity contribution in [3.8, 4) is 0 Å². The average molecular weight is 520 g/mol. The first kappa shape index (κ1) is 26.0. The van der Waals surface area contributed by atoms with Crippen molar-refractivity contribution in [2.24, 2.45) is 0 Å². The first-order valence-corrected chi connectivity index (χ1v) is 13.2. The van der Waals surface area contributed by atoms with Crippen molar-refractivity contribution >= 4 is 16.8 Å². The number of benzene rings is 3. The molecule has 198 valence electrons. The smallest absolute Gasteiger partial charge is 0.355 e. The largest absolute Gasteiger partial charge is 0.416 e. The normalized spacial score (nSPS) is 15.1. The quantitative estimate of drug-likeness (QED) is 0.276. The van der Waals surface area contributed by atoms with Gasteiger partial charge in [-0.3, -0.25) is 4.79 Å². The fourth-order valence-corrected chi connectivity index (χ4v) is 5.39.